The van der Waals surface area contributed by atoms with E-state index in [1.165, 1.54) is 18.9 Å². The highest BCUT2D eigenvalue weighted by Crippen LogP contribution is 2.25. The van der Waals surface area contributed by atoms with Crippen molar-refractivity contribution in [3.63, 3.8) is 0 Å². The summed E-state index contributed by atoms with van der Waals surface area (Å²) in [6.45, 7) is 3.38. The first-order valence-corrected chi connectivity index (χ1v) is 6.21. The molecule has 0 aliphatic heterocycles. The first-order valence-electron chi connectivity index (χ1n) is 6.21. The molecule has 5 heteroatoms. The van der Waals surface area contributed by atoms with E-state index in [0.29, 0.717) is 12.3 Å². The Labute approximate surface area is 107 Å². The summed E-state index contributed by atoms with van der Waals surface area (Å²) in [5.74, 6) is 0. The summed E-state index contributed by atoms with van der Waals surface area (Å²) >= 11 is 0. The summed E-state index contributed by atoms with van der Waals surface area (Å²) in [7, 11) is 1.67. The van der Waals surface area contributed by atoms with E-state index in [1.54, 1.807) is 19.2 Å². The standard InChI is InChI=1S/C13H20N2O3/c1-3-4-5-8-18-10-11-6-7-13(15(16)17)12(9-11)14-2/h6-7,9,14H,3-5,8,10H2,1-2H3. The fourth-order valence-corrected chi connectivity index (χ4v) is 1.68. The van der Waals surface area contributed by atoms with E-state index in [2.05, 4.69) is 12.2 Å². The number of hydrogen-bond donors (Lipinski definition) is 1. The third-order valence-electron chi connectivity index (χ3n) is 2.69. The van der Waals surface area contributed by atoms with Gasteiger partial charge in [-0.05, 0) is 24.1 Å². The summed E-state index contributed by atoms with van der Waals surface area (Å²) in [4.78, 5) is 10.4. The fraction of sp³-hybridized carbons (Fsp3) is 0.538. The topological polar surface area (TPSA) is 64.4 Å². The maximum atomic E-state index is 10.8. The van der Waals surface area contributed by atoms with Crippen molar-refractivity contribution in [2.75, 3.05) is 19.0 Å². The largest absolute Gasteiger partial charge is 0.383 e. The summed E-state index contributed by atoms with van der Waals surface area (Å²) in [5, 5.41) is 13.6. The molecule has 18 heavy (non-hydrogen) atoms. The molecule has 0 aromatic heterocycles. The first-order chi connectivity index (χ1) is 8.69. The van der Waals surface area contributed by atoms with Crippen LogP contribution in [0.15, 0.2) is 18.2 Å². The molecule has 0 radical (unpaired) electrons. The number of hydrogen-bond acceptors (Lipinski definition) is 4. The van der Waals surface area contributed by atoms with E-state index < -0.39 is 4.92 Å². The number of unbranched alkanes of at least 4 members (excludes halogenated alkanes) is 2. The Balaban J connectivity index is 2.54. The molecule has 0 aliphatic carbocycles. The molecular weight excluding hydrogens is 232 g/mol. The molecule has 1 aromatic carbocycles. The zero-order valence-corrected chi connectivity index (χ0v) is 10.9. The number of nitrogens with zero attached hydrogens (tertiary/aromatic N) is 1. The number of anilines is 1. The van der Waals surface area contributed by atoms with Gasteiger partial charge in [0, 0.05) is 19.7 Å². The molecule has 5 nitrogen and oxygen atoms in total. The van der Waals surface area contributed by atoms with Gasteiger partial charge in [0.2, 0.25) is 0 Å². The van der Waals surface area contributed by atoms with E-state index >= 15 is 0 Å². The van der Waals surface area contributed by atoms with Crippen molar-refractivity contribution < 1.29 is 9.66 Å². The van der Waals surface area contributed by atoms with Gasteiger partial charge in [-0.1, -0.05) is 19.8 Å². The third kappa shape index (κ3) is 4.33. The molecule has 0 saturated carbocycles. The second-order valence-electron chi connectivity index (χ2n) is 4.12. The highest BCUT2D eigenvalue weighted by molar-refractivity contribution is 5.62. The van der Waals surface area contributed by atoms with Gasteiger partial charge in [0.1, 0.15) is 5.69 Å². The number of rotatable bonds is 8. The molecule has 1 rings (SSSR count). The highest BCUT2D eigenvalue weighted by Gasteiger charge is 2.12. The maximum Gasteiger partial charge on any atom is 0.292 e. The molecule has 1 N–H and O–H groups in total. The summed E-state index contributed by atoms with van der Waals surface area (Å²) in [5.41, 5.74) is 1.56. The number of ether oxygens (including phenoxy) is 1. The average molecular weight is 252 g/mol. The lowest BCUT2D eigenvalue weighted by Crippen LogP contribution is -2.00. The lowest BCUT2D eigenvalue weighted by Gasteiger charge is -2.07. The van der Waals surface area contributed by atoms with Crippen LogP contribution < -0.4 is 5.32 Å². The zero-order chi connectivity index (χ0) is 13.4. The smallest absolute Gasteiger partial charge is 0.292 e. The summed E-state index contributed by atoms with van der Waals surface area (Å²) in [6, 6.07) is 5.01. The van der Waals surface area contributed by atoms with Gasteiger partial charge in [-0.3, -0.25) is 10.1 Å². The number of benzene rings is 1. The van der Waals surface area contributed by atoms with Crippen molar-refractivity contribution in [1.29, 1.82) is 0 Å². The fourth-order valence-electron chi connectivity index (χ4n) is 1.68. The molecule has 0 amide bonds. The van der Waals surface area contributed by atoms with Gasteiger partial charge in [0.15, 0.2) is 0 Å². The molecule has 0 fully saturated rings. The predicted molar refractivity (Wildman–Crippen MR) is 71.8 cm³/mol. The molecule has 0 spiro atoms. The number of nitrogens with one attached hydrogen (secondary N) is 1. The highest BCUT2D eigenvalue weighted by atomic mass is 16.6. The van der Waals surface area contributed by atoms with Crippen LogP contribution in [0.1, 0.15) is 31.7 Å². The van der Waals surface area contributed by atoms with E-state index in [4.69, 9.17) is 4.74 Å². The second kappa shape index (κ2) is 7.66. The Hall–Kier alpha value is -1.62. The number of nitro groups is 1. The Kier molecular flexibility index (Phi) is 6.14. The van der Waals surface area contributed by atoms with Crippen LogP contribution in [0.4, 0.5) is 11.4 Å². The molecule has 0 atom stereocenters. The Morgan fingerprint density at radius 3 is 2.78 bits per heavy atom. The van der Waals surface area contributed by atoms with Crippen LogP contribution in [0.5, 0.6) is 0 Å². The molecule has 0 heterocycles. The third-order valence-corrected chi connectivity index (χ3v) is 2.69. The van der Waals surface area contributed by atoms with Crippen molar-refractivity contribution >= 4 is 11.4 Å². The van der Waals surface area contributed by atoms with Crippen LogP contribution in [0.25, 0.3) is 0 Å². The van der Waals surface area contributed by atoms with E-state index in [9.17, 15) is 10.1 Å². The molecule has 0 bridgehead atoms. The number of nitro benzene ring substituents is 1. The average Bonchev–Trinajstić information content (AvgIpc) is 2.38. The van der Waals surface area contributed by atoms with Crippen LogP contribution in [-0.4, -0.2) is 18.6 Å². The first kappa shape index (κ1) is 14.4. The van der Waals surface area contributed by atoms with Gasteiger partial charge in [0.25, 0.3) is 5.69 Å². The minimum absolute atomic E-state index is 0.0900. The minimum atomic E-state index is -0.391. The maximum absolute atomic E-state index is 10.8. The normalized spacial score (nSPS) is 10.3. The molecule has 1 aromatic rings. The lowest BCUT2D eigenvalue weighted by molar-refractivity contribution is -0.384. The van der Waals surface area contributed by atoms with Crippen molar-refractivity contribution in [3.05, 3.63) is 33.9 Å². The Morgan fingerprint density at radius 2 is 2.17 bits per heavy atom. The molecule has 0 aliphatic rings. The molecule has 0 saturated heterocycles. The van der Waals surface area contributed by atoms with Crippen LogP contribution in [0.2, 0.25) is 0 Å². The van der Waals surface area contributed by atoms with Crippen LogP contribution in [0, 0.1) is 10.1 Å². The van der Waals surface area contributed by atoms with Crippen molar-refractivity contribution in [3.8, 4) is 0 Å². The summed E-state index contributed by atoms with van der Waals surface area (Å²) < 4.78 is 5.52. The van der Waals surface area contributed by atoms with E-state index in [1.807, 2.05) is 0 Å². The molecule has 100 valence electrons. The van der Waals surface area contributed by atoms with Crippen molar-refractivity contribution in [2.24, 2.45) is 0 Å². The zero-order valence-electron chi connectivity index (χ0n) is 10.9. The van der Waals surface area contributed by atoms with Gasteiger partial charge in [-0.25, -0.2) is 0 Å². The van der Waals surface area contributed by atoms with Crippen LogP contribution in [-0.2, 0) is 11.3 Å². The van der Waals surface area contributed by atoms with Crippen molar-refractivity contribution in [1.82, 2.24) is 0 Å². The second-order valence-corrected chi connectivity index (χ2v) is 4.12. The lowest BCUT2D eigenvalue weighted by atomic mass is 10.2. The minimum Gasteiger partial charge on any atom is -0.383 e. The van der Waals surface area contributed by atoms with Gasteiger partial charge >= 0.3 is 0 Å². The van der Waals surface area contributed by atoms with Crippen molar-refractivity contribution in [2.45, 2.75) is 32.8 Å². The Morgan fingerprint density at radius 1 is 1.39 bits per heavy atom. The predicted octanol–water partition coefficient (Wildman–Crippen LogP) is 3.34. The van der Waals surface area contributed by atoms with E-state index in [0.717, 1.165) is 18.6 Å². The molecule has 0 unspecified atom stereocenters. The van der Waals surface area contributed by atoms with Crippen LogP contribution >= 0.6 is 0 Å². The quantitative estimate of drug-likeness (QED) is 0.438. The SMILES string of the molecule is CCCCCOCc1ccc([N+](=O)[O-])c(NC)c1. The summed E-state index contributed by atoms with van der Waals surface area (Å²) in [6.07, 6.45) is 3.40. The van der Waals surface area contributed by atoms with Gasteiger partial charge < -0.3 is 10.1 Å². The van der Waals surface area contributed by atoms with Gasteiger partial charge in [-0.15, -0.1) is 0 Å². The van der Waals surface area contributed by atoms with Gasteiger partial charge in [-0.2, -0.15) is 0 Å². The van der Waals surface area contributed by atoms with E-state index in [-0.39, 0.29) is 5.69 Å². The molecular formula is C13H20N2O3. The van der Waals surface area contributed by atoms with Crippen LogP contribution in [0.3, 0.4) is 0 Å². The Bertz CT molecular complexity index is 394. The van der Waals surface area contributed by atoms with Gasteiger partial charge in [0.05, 0.1) is 11.5 Å². The monoisotopic (exact) mass is 252 g/mol.